The molecule has 3 rings (SSSR count). The van der Waals surface area contributed by atoms with E-state index in [0.717, 1.165) is 8.78 Å². The minimum atomic E-state index is -4.00. The lowest BCUT2D eigenvalue weighted by Crippen LogP contribution is -2.38. The maximum atomic E-state index is 13.4. The highest BCUT2D eigenvalue weighted by atomic mass is 79.9. The van der Waals surface area contributed by atoms with E-state index in [4.69, 9.17) is 9.47 Å². The van der Waals surface area contributed by atoms with Gasteiger partial charge in [0.2, 0.25) is 5.91 Å². The second kappa shape index (κ2) is 10.5. The summed E-state index contributed by atoms with van der Waals surface area (Å²) in [5.74, 6) is 0.779. The van der Waals surface area contributed by atoms with Crippen molar-refractivity contribution in [3.8, 4) is 11.5 Å². The summed E-state index contributed by atoms with van der Waals surface area (Å²) in [5.41, 5.74) is 0.879. The SMILES string of the molecule is CCOc1ccc(N(CC(=O)Nc2ccc(OC)cc2)S(=O)(=O)c2ccc(Br)cc2)cc1. The van der Waals surface area contributed by atoms with Gasteiger partial charge >= 0.3 is 0 Å². The molecule has 3 aromatic carbocycles. The first-order valence-electron chi connectivity index (χ1n) is 9.78. The number of halogens is 1. The lowest BCUT2D eigenvalue weighted by Gasteiger charge is -2.24. The van der Waals surface area contributed by atoms with E-state index >= 15 is 0 Å². The summed E-state index contributed by atoms with van der Waals surface area (Å²) in [6, 6.07) is 19.6. The molecule has 0 spiro atoms. The Balaban J connectivity index is 1.90. The zero-order valence-corrected chi connectivity index (χ0v) is 20.0. The van der Waals surface area contributed by atoms with Gasteiger partial charge in [-0.1, -0.05) is 15.9 Å². The summed E-state index contributed by atoms with van der Waals surface area (Å²) >= 11 is 3.31. The van der Waals surface area contributed by atoms with Crippen molar-refractivity contribution in [2.75, 3.05) is 29.9 Å². The van der Waals surface area contributed by atoms with Crippen LogP contribution >= 0.6 is 15.9 Å². The van der Waals surface area contributed by atoms with Gasteiger partial charge < -0.3 is 14.8 Å². The van der Waals surface area contributed by atoms with Crippen LogP contribution in [0.3, 0.4) is 0 Å². The third-order valence-corrected chi connectivity index (χ3v) is 6.82. The molecule has 3 aromatic rings. The molecule has 0 saturated heterocycles. The zero-order chi connectivity index (χ0) is 23.1. The van der Waals surface area contributed by atoms with E-state index in [-0.39, 0.29) is 4.90 Å². The Morgan fingerprint density at radius 1 is 0.938 bits per heavy atom. The topological polar surface area (TPSA) is 84.9 Å². The summed E-state index contributed by atoms with van der Waals surface area (Å²) < 4.78 is 39.2. The number of benzene rings is 3. The minimum Gasteiger partial charge on any atom is -0.497 e. The number of ether oxygens (including phenoxy) is 2. The van der Waals surface area contributed by atoms with Gasteiger partial charge in [-0.25, -0.2) is 8.42 Å². The molecule has 0 aliphatic heterocycles. The van der Waals surface area contributed by atoms with Crippen molar-refractivity contribution >= 4 is 43.2 Å². The van der Waals surface area contributed by atoms with Crippen LogP contribution in [0.15, 0.2) is 82.2 Å². The third kappa shape index (κ3) is 5.80. The largest absolute Gasteiger partial charge is 0.497 e. The maximum Gasteiger partial charge on any atom is 0.264 e. The number of carbonyl (C=O) groups is 1. The Kier molecular flexibility index (Phi) is 7.76. The third-order valence-electron chi connectivity index (χ3n) is 4.50. The number of nitrogens with zero attached hydrogens (tertiary/aromatic N) is 1. The van der Waals surface area contributed by atoms with Crippen LogP contribution in [0.1, 0.15) is 6.92 Å². The molecule has 1 N–H and O–H groups in total. The molecular weight excluding hydrogens is 496 g/mol. The van der Waals surface area contributed by atoms with Crippen LogP contribution in [-0.2, 0) is 14.8 Å². The lowest BCUT2D eigenvalue weighted by atomic mass is 10.3. The van der Waals surface area contributed by atoms with Crippen LogP contribution < -0.4 is 19.1 Å². The molecule has 0 unspecified atom stereocenters. The van der Waals surface area contributed by atoms with Crippen molar-refractivity contribution in [1.82, 2.24) is 0 Å². The first-order valence-corrected chi connectivity index (χ1v) is 12.0. The molecule has 0 atom stereocenters. The fraction of sp³-hybridized carbons (Fsp3) is 0.174. The first kappa shape index (κ1) is 23.6. The van der Waals surface area contributed by atoms with Crippen molar-refractivity contribution in [1.29, 1.82) is 0 Å². The molecular formula is C23H23BrN2O5S. The molecule has 168 valence electrons. The highest BCUT2D eigenvalue weighted by Gasteiger charge is 2.27. The van der Waals surface area contributed by atoms with Gasteiger partial charge in [0.1, 0.15) is 18.0 Å². The monoisotopic (exact) mass is 518 g/mol. The predicted octanol–water partition coefficient (Wildman–Crippen LogP) is 4.69. The maximum absolute atomic E-state index is 13.4. The Morgan fingerprint density at radius 3 is 2.09 bits per heavy atom. The Morgan fingerprint density at radius 2 is 1.53 bits per heavy atom. The van der Waals surface area contributed by atoms with E-state index in [0.29, 0.717) is 29.5 Å². The molecule has 32 heavy (non-hydrogen) atoms. The smallest absolute Gasteiger partial charge is 0.264 e. The van der Waals surface area contributed by atoms with Gasteiger partial charge in [-0.15, -0.1) is 0 Å². The summed E-state index contributed by atoms with van der Waals surface area (Å²) in [5, 5.41) is 2.73. The van der Waals surface area contributed by atoms with Gasteiger partial charge in [0.15, 0.2) is 0 Å². The van der Waals surface area contributed by atoms with Crippen LogP contribution in [0.5, 0.6) is 11.5 Å². The number of methoxy groups -OCH3 is 1. The van der Waals surface area contributed by atoms with Gasteiger partial charge in [-0.3, -0.25) is 9.10 Å². The van der Waals surface area contributed by atoms with Crippen molar-refractivity contribution in [3.05, 3.63) is 77.3 Å². The molecule has 0 aromatic heterocycles. The van der Waals surface area contributed by atoms with E-state index in [1.165, 1.54) is 12.1 Å². The first-order chi connectivity index (χ1) is 15.3. The summed E-state index contributed by atoms with van der Waals surface area (Å²) in [6.45, 7) is 1.95. The van der Waals surface area contributed by atoms with Crippen LogP contribution in [0, 0.1) is 0 Å². The fourth-order valence-corrected chi connectivity index (χ4v) is 4.61. The van der Waals surface area contributed by atoms with Gasteiger partial charge in [0.05, 0.1) is 24.3 Å². The molecule has 0 saturated carbocycles. The number of sulfonamides is 1. The van der Waals surface area contributed by atoms with Crippen LogP contribution in [0.2, 0.25) is 0 Å². The second-order valence-corrected chi connectivity index (χ2v) is 9.45. The number of nitrogens with one attached hydrogen (secondary N) is 1. The lowest BCUT2D eigenvalue weighted by molar-refractivity contribution is -0.114. The predicted molar refractivity (Wildman–Crippen MR) is 128 cm³/mol. The average molecular weight is 519 g/mol. The number of anilines is 2. The summed E-state index contributed by atoms with van der Waals surface area (Å²) in [4.78, 5) is 12.8. The summed E-state index contributed by atoms with van der Waals surface area (Å²) in [6.07, 6.45) is 0. The number of hydrogen-bond donors (Lipinski definition) is 1. The van der Waals surface area contributed by atoms with Crippen LogP contribution in [-0.4, -0.2) is 34.6 Å². The summed E-state index contributed by atoms with van der Waals surface area (Å²) in [7, 11) is -2.45. The molecule has 7 nitrogen and oxygen atoms in total. The van der Waals surface area contributed by atoms with E-state index < -0.39 is 22.5 Å². The van der Waals surface area contributed by atoms with E-state index in [9.17, 15) is 13.2 Å². The van der Waals surface area contributed by atoms with E-state index in [1.807, 2.05) is 6.92 Å². The Bertz CT molecular complexity index is 1150. The molecule has 9 heteroatoms. The minimum absolute atomic E-state index is 0.0758. The highest BCUT2D eigenvalue weighted by molar-refractivity contribution is 9.10. The average Bonchev–Trinajstić information content (AvgIpc) is 2.79. The fourth-order valence-electron chi connectivity index (χ4n) is 2.93. The normalized spacial score (nSPS) is 11.0. The van der Waals surface area contributed by atoms with Crippen LogP contribution in [0.25, 0.3) is 0 Å². The van der Waals surface area contributed by atoms with Crippen molar-refractivity contribution < 1.29 is 22.7 Å². The van der Waals surface area contributed by atoms with Gasteiger partial charge in [-0.2, -0.15) is 0 Å². The highest BCUT2D eigenvalue weighted by Crippen LogP contribution is 2.27. The quantitative estimate of drug-likeness (QED) is 0.444. The van der Waals surface area contributed by atoms with E-state index in [1.54, 1.807) is 67.8 Å². The Labute approximate surface area is 196 Å². The van der Waals surface area contributed by atoms with Crippen LogP contribution in [0.4, 0.5) is 11.4 Å². The molecule has 0 radical (unpaired) electrons. The molecule has 0 fully saturated rings. The van der Waals surface area contributed by atoms with E-state index in [2.05, 4.69) is 21.2 Å². The van der Waals surface area contributed by atoms with Crippen molar-refractivity contribution in [2.24, 2.45) is 0 Å². The molecule has 0 bridgehead atoms. The van der Waals surface area contributed by atoms with Gasteiger partial charge in [0, 0.05) is 10.2 Å². The number of rotatable bonds is 9. The number of hydrogen-bond acceptors (Lipinski definition) is 5. The molecule has 0 aliphatic carbocycles. The number of amides is 1. The standard InChI is InChI=1S/C23H23BrN2O5S/c1-3-31-21-12-8-19(9-13-21)26(32(28,29)22-14-4-17(24)5-15-22)16-23(27)25-18-6-10-20(30-2)11-7-18/h4-15H,3,16H2,1-2H3,(H,25,27). The van der Waals surface area contributed by atoms with Crippen molar-refractivity contribution in [2.45, 2.75) is 11.8 Å². The molecule has 0 heterocycles. The molecule has 1 amide bonds. The number of carbonyl (C=O) groups excluding carboxylic acids is 1. The van der Waals surface area contributed by atoms with Gasteiger partial charge in [-0.05, 0) is 79.7 Å². The second-order valence-electron chi connectivity index (χ2n) is 6.67. The zero-order valence-electron chi connectivity index (χ0n) is 17.6. The molecule has 0 aliphatic rings. The Hall–Kier alpha value is -3.04. The van der Waals surface area contributed by atoms with Crippen molar-refractivity contribution in [3.63, 3.8) is 0 Å². The van der Waals surface area contributed by atoms with Gasteiger partial charge in [0.25, 0.3) is 10.0 Å².